The second kappa shape index (κ2) is 10.2. The molecule has 0 aliphatic heterocycles. The lowest BCUT2D eigenvalue weighted by molar-refractivity contribution is -0.148. The fourth-order valence-electron chi connectivity index (χ4n) is 1.72. The Morgan fingerprint density at radius 1 is 1.08 bits per heavy atom. The molecule has 7 nitrogen and oxygen atoms in total. The number of nitrogens with one attached hydrogen (secondary N) is 2. The smallest absolute Gasteiger partial charge is 0.321 e. The summed E-state index contributed by atoms with van der Waals surface area (Å²) in [5.74, 6) is -2.07. The summed E-state index contributed by atoms with van der Waals surface area (Å²) in [6, 6.07) is 4.29. The molecule has 0 aliphatic carbocycles. The van der Waals surface area contributed by atoms with E-state index in [-0.39, 0.29) is 30.1 Å². The first-order chi connectivity index (χ1) is 11.8. The van der Waals surface area contributed by atoms with Gasteiger partial charge in [0.15, 0.2) is 12.4 Å². The van der Waals surface area contributed by atoms with Crippen LogP contribution in [0, 0.1) is 11.7 Å². The predicted octanol–water partition coefficient (Wildman–Crippen LogP) is 1.81. The normalized spacial score (nSPS) is 10.2. The third-order valence-electron chi connectivity index (χ3n) is 3.01. The molecule has 1 aromatic carbocycles. The quantitative estimate of drug-likeness (QED) is 0.549. The molecule has 0 aliphatic rings. The minimum absolute atomic E-state index is 0.124. The van der Waals surface area contributed by atoms with Crippen LogP contribution >= 0.6 is 0 Å². The van der Waals surface area contributed by atoms with E-state index in [0.29, 0.717) is 6.54 Å². The molecule has 0 fully saturated rings. The van der Waals surface area contributed by atoms with Crippen molar-refractivity contribution in [2.24, 2.45) is 5.92 Å². The molecule has 2 N–H and O–H groups in total. The molecule has 3 amide bonds. The van der Waals surface area contributed by atoms with Gasteiger partial charge < -0.3 is 10.1 Å². The van der Waals surface area contributed by atoms with Crippen LogP contribution in [0.25, 0.3) is 0 Å². The fourth-order valence-corrected chi connectivity index (χ4v) is 1.72. The van der Waals surface area contributed by atoms with E-state index in [0.717, 1.165) is 12.1 Å². The van der Waals surface area contributed by atoms with Crippen LogP contribution in [0.1, 0.15) is 37.0 Å². The van der Waals surface area contributed by atoms with Gasteiger partial charge in [0.1, 0.15) is 5.82 Å². The van der Waals surface area contributed by atoms with Crippen LogP contribution in [0.15, 0.2) is 24.3 Å². The summed E-state index contributed by atoms with van der Waals surface area (Å²) < 4.78 is 17.5. The molecule has 0 aromatic heterocycles. The van der Waals surface area contributed by atoms with Crippen LogP contribution in [-0.2, 0) is 14.3 Å². The van der Waals surface area contributed by atoms with E-state index in [1.165, 1.54) is 12.1 Å². The SMILES string of the molecule is CC(C)CNC(=O)NC(=O)COC(=O)CCC(=O)c1ccc(F)cc1. The van der Waals surface area contributed by atoms with Gasteiger partial charge in [-0.25, -0.2) is 9.18 Å². The number of rotatable bonds is 8. The Morgan fingerprint density at radius 2 is 1.72 bits per heavy atom. The molecule has 0 heterocycles. The van der Waals surface area contributed by atoms with Gasteiger partial charge in [0.25, 0.3) is 5.91 Å². The topological polar surface area (TPSA) is 102 Å². The number of Topliss-reactive ketones (excluding diaryl/α,β-unsaturated/α-hetero) is 1. The van der Waals surface area contributed by atoms with Gasteiger partial charge >= 0.3 is 12.0 Å². The molecule has 0 unspecified atom stereocenters. The van der Waals surface area contributed by atoms with E-state index in [2.05, 4.69) is 5.32 Å². The molecule has 0 spiro atoms. The number of hydrogen-bond acceptors (Lipinski definition) is 5. The molecule has 1 aromatic rings. The number of hydrogen-bond donors (Lipinski definition) is 2. The van der Waals surface area contributed by atoms with E-state index in [1.807, 2.05) is 19.2 Å². The lowest BCUT2D eigenvalue weighted by atomic mass is 10.1. The highest BCUT2D eigenvalue weighted by Crippen LogP contribution is 2.07. The Labute approximate surface area is 144 Å². The van der Waals surface area contributed by atoms with Crippen molar-refractivity contribution in [3.63, 3.8) is 0 Å². The van der Waals surface area contributed by atoms with Crippen molar-refractivity contribution in [2.45, 2.75) is 26.7 Å². The van der Waals surface area contributed by atoms with Gasteiger partial charge in [-0.1, -0.05) is 13.8 Å². The van der Waals surface area contributed by atoms with Crippen molar-refractivity contribution in [1.82, 2.24) is 10.6 Å². The molecular weight excluding hydrogens is 331 g/mol. The number of halogens is 1. The second-order valence-corrected chi connectivity index (χ2v) is 5.74. The number of carbonyl (C=O) groups excluding carboxylic acids is 4. The first kappa shape index (κ1) is 20.3. The summed E-state index contributed by atoms with van der Waals surface area (Å²) in [4.78, 5) is 46.1. The van der Waals surface area contributed by atoms with Gasteiger partial charge in [0.05, 0.1) is 6.42 Å². The van der Waals surface area contributed by atoms with Crippen LogP contribution in [0.3, 0.4) is 0 Å². The zero-order valence-corrected chi connectivity index (χ0v) is 14.1. The Morgan fingerprint density at radius 3 is 2.32 bits per heavy atom. The molecule has 8 heteroatoms. The molecule has 0 bridgehead atoms. The molecule has 25 heavy (non-hydrogen) atoms. The van der Waals surface area contributed by atoms with Gasteiger partial charge in [0.2, 0.25) is 0 Å². The van der Waals surface area contributed by atoms with Crippen molar-refractivity contribution in [1.29, 1.82) is 0 Å². The summed E-state index contributed by atoms with van der Waals surface area (Å²) in [5, 5.41) is 4.50. The molecule has 0 saturated carbocycles. The van der Waals surface area contributed by atoms with Gasteiger partial charge in [-0.05, 0) is 30.2 Å². The van der Waals surface area contributed by atoms with Crippen molar-refractivity contribution >= 4 is 23.7 Å². The van der Waals surface area contributed by atoms with Crippen molar-refractivity contribution in [2.75, 3.05) is 13.2 Å². The average molecular weight is 352 g/mol. The van der Waals surface area contributed by atoms with Crippen molar-refractivity contribution < 1.29 is 28.3 Å². The van der Waals surface area contributed by atoms with Crippen molar-refractivity contribution in [3.8, 4) is 0 Å². The molecule has 0 saturated heterocycles. The number of imide groups is 1. The van der Waals surface area contributed by atoms with Gasteiger partial charge in [-0.2, -0.15) is 0 Å². The summed E-state index contributed by atoms with van der Waals surface area (Å²) >= 11 is 0. The number of carbonyl (C=O) groups is 4. The van der Waals surface area contributed by atoms with Crippen LogP contribution in [0.4, 0.5) is 9.18 Å². The lowest BCUT2D eigenvalue weighted by Crippen LogP contribution is -2.42. The molecule has 136 valence electrons. The van der Waals surface area contributed by atoms with Crippen LogP contribution < -0.4 is 10.6 Å². The number of ketones is 1. The fraction of sp³-hybridized carbons (Fsp3) is 0.412. The van der Waals surface area contributed by atoms with E-state index < -0.39 is 30.3 Å². The Hall–Kier alpha value is -2.77. The highest BCUT2D eigenvalue weighted by atomic mass is 19.1. The van der Waals surface area contributed by atoms with Gasteiger partial charge in [0, 0.05) is 18.5 Å². The van der Waals surface area contributed by atoms with Crippen LogP contribution in [-0.4, -0.2) is 36.8 Å². The van der Waals surface area contributed by atoms with E-state index in [9.17, 15) is 23.6 Å². The average Bonchev–Trinajstić information content (AvgIpc) is 2.56. The summed E-state index contributed by atoms with van der Waals surface area (Å²) in [6.45, 7) is 3.59. The maximum atomic E-state index is 12.8. The second-order valence-electron chi connectivity index (χ2n) is 5.74. The van der Waals surface area contributed by atoms with E-state index >= 15 is 0 Å². The summed E-state index contributed by atoms with van der Waals surface area (Å²) in [7, 11) is 0. The largest absolute Gasteiger partial charge is 0.456 e. The number of urea groups is 1. The summed E-state index contributed by atoms with van der Waals surface area (Å²) in [6.07, 6.45) is -0.343. The van der Waals surface area contributed by atoms with E-state index in [1.54, 1.807) is 0 Å². The minimum atomic E-state index is -0.764. The van der Waals surface area contributed by atoms with Crippen molar-refractivity contribution in [3.05, 3.63) is 35.6 Å². The monoisotopic (exact) mass is 352 g/mol. The molecule has 0 atom stereocenters. The molecule has 1 rings (SSSR count). The van der Waals surface area contributed by atoms with Gasteiger partial charge in [-0.3, -0.25) is 19.7 Å². The third kappa shape index (κ3) is 8.59. The zero-order chi connectivity index (χ0) is 18.8. The Bertz CT molecular complexity index is 628. The standard InChI is InChI=1S/C17H21FN2O5/c1-11(2)9-19-17(24)20-15(22)10-25-16(23)8-7-14(21)12-3-5-13(18)6-4-12/h3-6,11H,7-10H2,1-2H3,(H2,19,20,22,24). The maximum Gasteiger partial charge on any atom is 0.321 e. The van der Waals surface area contributed by atoms with Crippen LogP contribution in [0.5, 0.6) is 0 Å². The van der Waals surface area contributed by atoms with E-state index in [4.69, 9.17) is 4.74 Å². The third-order valence-corrected chi connectivity index (χ3v) is 3.01. The number of benzene rings is 1. The molecular formula is C17H21FN2O5. The zero-order valence-electron chi connectivity index (χ0n) is 14.1. The maximum absolute atomic E-state index is 12.8. The highest BCUT2D eigenvalue weighted by molar-refractivity contribution is 5.98. The van der Waals surface area contributed by atoms with Crippen LogP contribution in [0.2, 0.25) is 0 Å². The Balaban J connectivity index is 2.25. The predicted molar refractivity (Wildman–Crippen MR) is 87.3 cm³/mol. The molecule has 0 radical (unpaired) electrons. The highest BCUT2D eigenvalue weighted by Gasteiger charge is 2.13. The summed E-state index contributed by atoms with van der Waals surface area (Å²) in [5.41, 5.74) is 0.286. The number of esters is 1. The number of amides is 3. The minimum Gasteiger partial charge on any atom is -0.456 e. The number of ether oxygens (including phenoxy) is 1. The Kier molecular flexibility index (Phi) is 8.25. The first-order valence-corrected chi connectivity index (χ1v) is 7.80. The van der Waals surface area contributed by atoms with Gasteiger partial charge in [-0.15, -0.1) is 0 Å². The first-order valence-electron chi connectivity index (χ1n) is 7.80. The lowest BCUT2D eigenvalue weighted by Gasteiger charge is -2.09.